The zero-order valence-corrected chi connectivity index (χ0v) is 6.70. The van der Waals surface area contributed by atoms with Crippen LogP contribution in [-0.4, -0.2) is 20.0 Å². The van der Waals surface area contributed by atoms with Gasteiger partial charge in [0.25, 0.3) is 0 Å². The molecule has 0 heterocycles. The van der Waals surface area contributed by atoms with Crippen molar-refractivity contribution in [3.05, 3.63) is 0 Å². The molecular weight excluding hydrogens is 183 g/mol. The van der Waals surface area contributed by atoms with E-state index in [0.29, 0.717) is 0 Å². The van der Waals surface area contributed by atoms with Crippen molar-refractivity contribution in [2.24, 2.45) is 0 Å². The van der Waals surface area contributed by atoms with Crippen LogP contribution in [-0.2, 0) is 10.0 Å². The van der Waals surface area contributed by atoms with Crippen molar-refractivity contribution in [2.45, 2.75) is 25.4 Å². The molecule has 1 radical (unpaired) electrons. The SMILES string of the molecule is CC(C)[N]S(=O)(=O)C(F)(F)F. The Morgan fingerprint density at radius 2 is 1.64 bits per heavy atom. The number of halogens is 3. The van der Waals surface area contributed by atoms with E-state index < -0.39 is 21.6 Å². The summed E-state index contributed by atoms with van der Waals surface area (Å²) in [6.07, 6.45) is 0. The Balaban J connectivity index is 4.51. The predicted molar refractivity (Wildman–Crippen MR) is 32.2 cm³/mol. The first-order valence-electron chi connectivity index (χ1n) is 2.70. The third-order valence-corrected chi connectivity index (χ3v) is 1.93. The van der Waals surface area contributed by atoms with Crippen molar-refractivity contribution in [1.82, 2.24) is 4.72 Å². The van der Waals surface area contributed by atoms with Gasteiger partial charge in [-0.1, -0.05) is 0 Å². The molecule has 0 spiro atoms. The molecule has 0 unspecified atom stereocenters. The molecule has 0 atom stereocenters. The van der Waals surface area contributed by atoms with Crippen molar-refractivity contribution in [3.63, 3.8) is 0 Å². The monoisotopic (exact) mass is 190 g/mol. The van der Waals surface area contributed by atoms with Crippen molar-refractivity contribution >= 4 is 10.0 Å². The van der Waals surface area contributed by atoms with Gasteiger partial charge in [0.2, 0.25) is 0 Å². The van der Waals surface area contributed by atoms with E-state index >= 15 is 0 Å². The fourth-order valence-corrected chi connectivity index (χ4v) is 1.01. The summed E-state index contributed by atoms with van der Waals surface area (Å²) in [5, 5.41) is 0. The highest BCUT2D eigenvalue weighted by atomic mass is 32.2. The zero-order valence-electron chi connectivity index (χ0n) is 5.88. The quantitative estimate of drug-likeness (QED) is 0.648. The molecular formula is C4H7F3NO2S. The van der Waals surface area contributed by atoms with E-state index in [2.05, 4.69) is 4.72 Å². The van der Waals surface area contributed by atoms with Gasteiger partial charge in [0.1, 0.15) is 0 Å². The predicted octanol–water partition coefficient (Wildman–Crippen LogP) is 0.849. The summed E-state index contributed by atoms with van der Waals surface area (Å²) in [7, 11) is -5.27. The van der Waals surface area contributed by atoms with E-state index in [-0.39, 0.29) is 0 Å². The van der Waals surface area contributed by atoms with Crippen LogP contribution in [0.25, 0.3) is 0 Å². The molecule has 11 heavy (non-hydrogen) atoms. The van der Waals surface area contributed by atoms with Crippen molar-refractivity contribution in [2.75, 3.05) is 0 Å². The van der Waals surface area contributed by atoms with Gasteiger partial charge in [-0.25, -0.2) is 8.42 Å². The average molecular weight is 190 g/mol. The van der Waals surface area contributed by atoms with E-state index in [1.807, 2.05) is 0 Å². The minimum atomic E-state index is -5.27. The lowest BCUT2D eigenvalue weighted by Crippen LogP contribution is -2.34. The largest absolute Gasteiger partial charge is 0.512 e. The Kier molecular flexibility index (Phi) is 2.90. The van der Waals surface area contributed by atoms with Crippen molar-refractivity contribution < 1.29 is 21.6 Å². The van der Waals surface area contributed by atoms with Gasteiger partial charge >= 0.3 is 15.5 Å². The van der Waals surface area contributed by atoms with Gasteiger partial charge in [0.05, 0.1) is 0 Å². The Morgan fingerprint density at radius 1 is 1.27 bits per heavy atom. The molecule has 0 aliphatic rings. The Labute approximate surface area is 62.6 Å². The molecule has 0 amide bonds. The first-order valence-corrected chi connectivity index (χ1v) is 4.14. The molecule has 0 fully saturated rings. The van der Waals surface area contributed by atoms with E-state index in [4.69, 9.17) is 0 Å². The van der Waals surface area contributed by atoms with Crippen LogP contribution < -0.4 is 4.72 Å². The fraction of sp³-hybridized carbons (Fsp3) is 1.00. The van der Waals surface area contributed by atoms with Gasteiger partial charge in [0.15, 0.2) is 0 Å². The van der Waals surface area contributed by atoms with E-state index in [0.717, 1.165) is 0 Å². The molecule has 0 aromatic carbocycles. The molecule has 0 saturated carbocycles. The van der Waals surface area contributed by atoms with Gasteiger partial charge in [-0.05, 0) is 13.8 Å². The molecule has 3 nitrogen and oxygen atoms in total. The lowest BCUT2D eigenvalue weighted by atomic mass is 10.4. The Hall–Kier alpha value is -0.300. The minimum Gasteiger partial charge on any atom is -0.201 e. The first-order chi connectivity index (χ1) is 4.67. The summed E-state index contributed by atoms with van der Waals surface area (Å²) < 4.78 is 57.4. The number of rotatable bonds is 2. The molecule has 0 aliphatic heterocycles. The molecule has 0 aromatic heterocycles. The highest BCUT2D eigenvalue weighted by molar-refractivity contribution is 7.90. The summed E-state index contributed by atoms with van der Waals surface area (Å²) >= 11 is 0. The second-order valence-corrected chi connectivity index (χ2v) is 3.74. The standard InChI is InChI=1S/C4H7F3NO2S/c1-3(2)8-11(9,10)4(5,6)7/h3H,1-2H3. The van der Waals surface area contributed by atoms with E-state index in [1.54, 1.807) is 0 Å². The number of hydrogen-bond donors (Lipinski definition) is 0. The van der Waals surface area contributed by atoms with Gasteiger partial charge in [-0.15, -0.1) is 4.72 Å². The number of nitrogens with zero attached hydrogens (tertiary/aromatic N) is 1. The summed E-state index contributed by atoms with van der Waals surface area (Å²) in [6.45, 7) is 2.51. The summed E-state index contributed by atoms with van der Waals surface area (Å²) in [4.78, 5) is 0. The molecule has 67 valence electrons. The van der Waals surface area contributed by atoms with Crippen molar-refractivity contribution in [1.29, 1.82) is 0 Å². The van der Waals surface area contributed by atoms with Crippen LogP contribution >= 0.6 is 0 Å². The van der Waals surface area contributed by atoms with Crippen LogP contribution in [0.15, 0.2) is 0 Å². The summed E-state index contributed by atoms with van der Waals surface area (Å²) in [5.74, 6) is 0. The second-order valence-electron chi connectivity index (χ2n) is 2.12. The van der Waals surface area contributed by atoms with Crippen LogP contribution in [0.3, 0.4) is 0 Å². The first kappa shape index (κ1) is 10.7. The molecule has 0 rings (SSSR count). The normalized spacial score (nSPS) is 14.0. The molecule has 0 aliphatic carbocycles. The summed E-state index contributed by atoms with van der Waals surface area (Å²) in [5.41, 5.74) is -5.27. The van der Waals surface area contributed by atoms with Crippen LogP contribution in [0, 0.1) is 0 Å². The van der Waals surface area contributed by atoms with Crippen LogP contribution in [0.4, 0.5) is 13.2 Å². The topological polar surface area (TPSA) is 48.2 Å². The van der Waals surface area contributed by atoms with E-state index in [1.165, 1.54) is 13.8 Å². The number of hydrogen-bond acceptors (Lipinski definition) is 2. The third kappa shape index (κ3) is 3.06. The van der Waals surface area contributed by atoms with Gasteiger partial charge in [0, 0.05) is 6.04 Å². The van der Waals surface area contributed by atoms with Crippen molar-refractivity contribution in [3.8, 4) is 0 Å². The van der Waals surface area contributed by atoms with Crippen LogP contribution in [0.2, 0.25) is 0 Å². The minimum absolute atomic E-state index is 0.873. The summed E-state index contributed by atoms with van der Waals surface area (Å²) in [6, 6.07) is -0.873. The molecule has 0 bridgehead atoms. The Bertz CT molecular complexity index is 218. The Morgan fingerprint density at radius 3 is 1.73 bits per heavy atom. The lowest BCUT2D eigenvalue weighted by molar-refractivity contribution is -0.0451. The highest BCUT2D eigenvalue weighted by Crippen LogP contribution is 2.22. The number of sulfonamides is 1. The zero-order chi connectivity index (χ0) is 9.28. The molecule has 7 heteroatoms. The maximum absolute atomic E-state index is 11.5. The molecule has 0 saturated heterocycles. The lowest BCUT2D eigenvalue weighted by Gasteiger charge is -2.08. The molecule has 0 aromatic rings. The maximum Gasteiger partial charge on any atom is 0.512 e. The third-order valence-electron chi connectivity index (χ3n) is 0.642. The van der Waals surface area contributed by atoms with E-state index in [9.17, 15) is 21.6 Å². The smallest absolute Gasteiger partial charge is 0.201 e. The van der Waals surface area contributed by atoms with Crippen LogP contribution in [0.5, 0.6) is 0 Å². The number of alkyl halides is 3. The van der Waals surface area contributed by atoms with Gasteiger partial charge < -0.3 is 0 Å². The van der Waals surface area contributed by atoms with Gasteiger partial charge in [-0.3, -0.25) is 0 Å². The average Bonchev–Trinajstić information content (AvgIpc) is 1.56. The maximum atomic E-state index is 11.5. The highest BCUT2D eigenvalue weighted by Gasteiger charge is 2.47. The fourth-order valence-electron chi connectivity index (χ4n) is 0.337. The second kappa shape index (κ2) is 2.98. The molecule has 0 N–H and O–H groups in total. The van der Waals surface area contributed by atoms with Crippen LogP contribution in [0.1, 0.15) is 13.8 Å². The van der Waals surface area contributed by atoms with Gasteiger partial charge in [-0.2, -0.15) is 13.2 Å².